The van der Waals surface area contributed by atoms with Crippen molar-refractivity contribution in [2.75, 3.05) is 7.11 Å². The molecule has 1 amide bonds. The molecular weight excluding hydrogens is 324 g/mol. The van der Waals surface area contributed by atoms with Crippen LogP contribution < -0.4 is 5.32 Å². The molecule has 0 saturated heterocycles. The number of benzene rings is 2. The lowest BCUT2D eigenvalue weighted by Gasteiger charge is -2.28. The zero-order valence-corrected chi connectivity index (χ0v) is 13.9. The monoisotopic (exact) mass is 342 g/mol. The Hall–Kier alpha value is -3.22. The van der Waals surface area contributed by atoms with Crippen LogP contribution in [0.2, 0.25) is 0 Å². The number of carbonyl (C=O) groups excluding carboxylic acids is 2. The summed E-state index contributed by atoms with van der Waals surface area (Å²) in [7, 11) is 1.26. The van der Waals surface area contributed by atoms with E-state index in [2.05, 4.69) is 5.32 Å². The predicted molar refractivity (Wildman–Crippen MR) is 90.8 cm³/mol. The fourth-order valence-corrected chi connectivity index (χ4v) is 2.46. The first kappa shape index (κ1) is 18.1. The highest BCUT2D eigenvalue weighted by Gasteiger charge is 2.37. The third kappa shape index (κ3) is 4.20. The molecule has 130 valence electrons. The van der Waals surface area contributed by atoms with Crippen molar-refractivity contribution in [2.24, 2.45) is 0 Å². The molecule has 7 heteroatoms. The van der Waals surface area contributed by atoms with Crippen molar-refractivity contribution in [3.8, 4) is 0 Å². The molecule has 7 nitrogen and oxygen atoms in total. The van der Waals surface area contributed by atoms with Crippen molar-refractivity contribution in [3.05, 3.63) is 75.8 Å². The van der Waals surface area contributed by atoms with E-state index in [9.17, 15) is 19.7 Å². The Morgan fingerprint density at radius 1 is 1.12 bits per heavy atom. The van der Waals surface area contributed by atoms with Gasteiger partial charge in [-0.05, 0) is 18.1 Å². The first-order valence-corrected chi connectivity index (χ1v) is 7.55. The highest BCUT2D eigenvalue weighted by Crippen LogP contribution is 2.22. The van der Waals surface area contributed by atoms with Gasteiger partial charge in [-0.3, -0.25) is 14.9 Å². The average molecular weight is 342 g/mol. The number of methoxy groups -OCH3 is 1. The number of ether oxygens (including phenoxy) is 1. The van der Waals surface area contributed by atoms with Gasteiger partial charge in [-0.2, -0.15) is 0 Å². The SMILES string of the molecule is COC(=O)[C@](C)(NC(=O)Cc1ccc([N+](=O)[O-])cc1)c1ccccc1. The van der Waals surface area contributed by atoms with Gasteiger partial charge in [0.1, 0.15) is 0 Å². The van der Waals surface area contributed by atoms with Crippen LogP contribution in [0, 0.1) is 10.1 Å². The Labute approximate surface area is 144 Å². The van der Waals surface area contributed by atoms with Crippen molar-refractivity contribution < 1.29 is 19.2 Å². The molecule has 0 unspecified atom stereocenters. The van der Waals surface area contributed by atoms with Crippen LogP contribution in [0.4, 0.5) is 5.69 Å². The Morgan fingerprint density at radius 2 is 1.72 bits per heavy atom. The molecule has 0 aliphatic carbocycles. The minimum absolute atomic E-state index is 0.0165. The van der Waals surface area contributed by atoms with Crippen molar-refractivity contribution in [1.82, 2.24) is 5.32 Å². The summed E-state index contributed by atoms with van der Waals surface area (Å²) in [5.74, 6) is -0.985. The number of esters is 1. The second-order valence-corrected chi connectivity index (χ2v) is 5.63. The molecule has 0 saturated carbocycles. The topological polar surface area (TPSA) is 98.5 Å². The van der Waals surface area contributed by atoms with Crippen LogP contribution in [0.15, 0.2) is 54.6 Å². The summed E-state index contributed by atoms with van der Waals surface area (Å²) in [5, 5.41) is 13.4. The van der Waals surface area contributed by atoms with Gasteiger partial charge in [-0.25, -0.2) is 4.79 Å². The molecular formula is C18H18N2O5. The fraction of sp³-hybridized carbons (Fsp3) is 0.222. The van der Waals surface area contributed by atoms with Gasteiger partial charge in [0.25, 0.3) is 5.69 Å². The number of carbonyl (C=O) groups is 2. The lowest BCUT2D eigenvalue weighted by molar-refractivity contribution is -0.384. The van der Waals surface area contributed by atoms with Crippen molar-refractivity contribution >= 4 is 17.6 Å². The van der Waals surface area contributed by atoms with Crippen LogP contribution in [0.1, 0.15) is 18.1 Å². The molecule has 25 heavy (non-hydrogen) atoms. The maximum Gasteiger partial charge on any atom is 0.336 e. The molecule has 1 N–H and O–H groups in total. The smallest absolute Gasteiger partial charge is 0.336 e. The third-order valence-electron chi connectivity index (χ3n) is 3.85. The minimum atomic E-state index is -1.33. The van der Waals surface area contributed by atoms with Crippen LogP contribution in [0.25, 0.3) is 0 Å². The standard InChI is InChI=1S/C18H18N2O5/c1-18(17(22)25-2,14-6-4-3-5-7-14)19-16(21)12-13-8-10-15(11-9-13)20(23)24/h3-11H,12H2,1-2H3,(H,19,21)/t18-/m1/s1. The predicted octanol–water partition coefficient (Wildman–Crippen LogP) is 2.34. The fourth-order valence-electron chi connectivity index (χ4n) is 2.46. The van der Waals surface area contributed by atoms with Crippen molar-refractivity contribution in [2.45, 2.75) is 18.9 Å². The quantitative estimate of drug-likeness (QED) is 0.493. The summed E-state index contributed by atoms with van der Waals surface area (Å²) < 4.78 is 4.83. The second-order valence-electron chi connectivity index (χ2n) is 5.63. The van der Waals surface area contributed by atoms with E-state index < -0.39 is 22.3 Å². The van der Waals surface area contributed by atoms with Gasteiger partial charge < -0.3 is 10.1 Å². The van der Waals surface area contributed by atoms with Gasteiger partial charge in [-0.1, -0.05) is 42.5 Å². The number of nitrogens with zero attached hydrogens (tertiary/aromatic N) is 1. The maximum atomic E-state index is 12.4. The molecule has 0 fully saturated rings. The number of amides is 1. The van der Waals surface area contributed by atoms with E-state index in [0.717, 1.165) is 0 Å². The minimum Gasteiger partial charge on any atom is -0.467 e. The van der Waals surface area contributed by atoms with Crippen LogP contribution in [-0.2, 0) is 26.3 Å². The van der Waals surface area contributed by atoms with E-state index in [1.165, 1.54) is 31.4 Å². The van der Waals surface area contributed by atoms with Gasteiger partial charge in [0.05, 0.1) is 18.5 Å². The van der Waals surface area contributed by atoms with Crippen LogP contribution in [-0.4, -0.2) is 23.9 Å². The average Bonchev–Trinajstić information content (AvgIpc) is 2.61. The lowest BCUT2D eigenvalue weighted by Crippen LogP contribution is -2.50. The number of nitro groups is 1. The van der Waals surface area contributed by atoms with Crippen LogP contribution in [0.5, 0.6) is 0 Å². The van der Waals surface area contributed by atoms with Crippen molar-refractivity contribution in [1.29, 1.82) is 0 Å². The first-order chi connectivity index (χ1) is 11.9. The number of non-ortho nitro benzene ring substituents is 1. The van der Waals surface area contributed by atoms with E-state index in [4.69, 9.17) is 4.74 Å². The Balaban J connectivity index is 2.17. The molecule has 0 aliphatic rings. The molecule has 0 bridgehead atoms. The van der Waals surface area contributed by atoms with Gasteiger partial charge in [0, 0.05) is 12.1 Å². The van der Waals surface area contributed by atoms with E-state index >= 15 is 0 Å². The normalized spacial score (nSPS) is 12.7. The molecule has 0 radical (unpaired) electrons. The van der Waals surface area contributed by atoms with Crippen LogP contribution in [0.3, 0.4) is 0 Å². The largest absolute Gasteiger partial charge is 0.467 e. The maximum absolute atomic E-state index is 12.4. The number of rotatable bonds is 6. The molecule has 2 rings (SSSR count). The summed E-state index contributed by atoms with van der Waals surface area (Å²) >= 11 is 0. The van der Waals surface area contributed by atoms with Gasteiger partial charge in [-0.15, -0.1) is 0 Å². The van der Waals surface area contributed by atoms with Gasteiger partial charge in [0.15, 0.2) is 5.54 Å². The molecule has 2 aromatic carbocycles. The highest BCUT2D eigenvalue weighted by atomic mass is 16.6. The molecule has 2 aromatic rings. The molecule has 0 spiro atoms. The number of nitro benzene ring substituents is 1. The van der Waals surface area contributed by atoms with E-state index in [-0.39, 0.29) is 12.1 Å². The molecule has 1 atom stereocenters. The molecule has 0 heterocycles. The summed E-state index contributed by atoms with van der Waals surface area (Å²) in [6, 6.07) is 14.5. The van der Waals surface area contributed by atoms with Crippen LogP contribution >= 0.6 is 0 Å². The summed E-state index contributed by atoms with van der Waals surface area (Å²) in [5.41, 5.74) is -0.177. The van der Waals surface area contributed by atoms with Gasteiger partial charge >= 0.3 is 5.97 Å². The first-order valence-electron chi connectivity index (χ1n) is 7.55. The Morgan fingerprint density at radius 3 is 2.24 bits per heavy atom. The Bertz CT molecular complexity index is 774. The summed E-state index contributed by atoms with van der Waals surface area (Å²) in [6.45, 7) is 1.57. The van der Waals surface area contributed by atoms with E-state index in [1.807, 2.05) is 0 Å². The molecule has 0 aliphatic heterocycles. The van der Waals surface area contributed by atoms with Gasteiger partial charge in [0.2, 0.25) is 5.91 Å². The Kier molecular flexibility index (Phi) is 5.49. The second kappa shape index (κ2) is 7.57. The summed E-state index contributed by atoms with van der Waals surface area (Å²) in [4.78, 5) is 34.8. The third-order valence-corrected chi connectivity index (χ3v) is 3.85. The number of hydrogen-bond acceptors (Lipinski definition) is 5. The number of nitrogens with one attached hydrogen (secondary N) is 1. The van der Waals surface area contributed by atoms with E-state index in [0.29, 0.717) is 11.1 Å². The van der Waals surface area contributed by atoms with Crippen molar-refractivity contribution in [3.63, 3.8) is 0 Å². The lowest BCUT2D eigenvalue weighted by atomic mass is 9.91. The molecule has 0 aromatic heterocycles. The zero-order chi connectivity index (χ0) is 18.4. The number of hydrogen-bond donors (Lipinski definition) is 1. The van der Waals surface area contributed by atoms with E-state index in [1.54, 1.807) is 37.3 Å². The highest BCUT2D eigenvalue weighted by molar-refractivity contribution is 5.89. The zero-order valence-electron chi connectivity index (χ0n) is 13.9. The summed E-state index contributed by atoms with van der Waals surface area (Å²) in [6.07, 6.45) is -0.0165.